The third kappa shape index (κ3) is 1.44. The number of aliphatic hydroxyl groups is 1. The molecule has 2 aromatic rings. The second-order valence-corrected chi connectivity index (χ2v) is 4.21. The van der Waals surface area contributed by atoms with Crippen molar-refractivity contribution in [2.75, 3.05) is 0 Å². The van der Waals surface area contributed by atoms with Gasteiger partial charge in [-0.05, 0) is 23.1 Å². The lowest BCUT2D eigenvalue weighted by Gasteiger charge is -2.13. The third-order valence-corrected chi connectivity index (χ3v) is 3.25. The molecule has 0 heterocycles. The number of hydrogen-bond donors (Lipinski definition) is 1. The Bertz CT molecular complexity index is 490. The van der Waals surface area contributed by atoms with E-state index in [-0.39, 0.29) is 5.92 Å². The van der Waals surface area contributed by atoms with Crippen LogP contribution in [0.15, 0.2) is 54.6 Å². The quantitative estimate of drug-likeness (QED) is 0.764. The van der Waals surface area contributed by atoms with Gasteiger partial charge in [0.25, 0.3) is 0 Å². The molecule has 1 N–H and O–H groups in total. The first-order valence-electron chi connectivity index (χ1n) is 5.55. The van der Waals surface area contributed by atoms with Crippen LogP contribution in [0.25, 0.3) is 0 Å². The molecule has 0 saturated carbocycles. The largest absolute Gasteiger partial charge is 0.381 e. The predicted octanol–water partition coefficient (Wildman–Crippen LogP) is 3.28. The van der Waals surface area contributed by atoms with Gasteiger partial charge in [-0.25, -0.2) is 0 Å². The van der Waals surface area contributed by atoms with Crippen LogP contribution in [-0.2, 0) is 6.42 Å². The van der Waals surface area contributed by atoms with Gasteiger partial charge < -0.3 is 5.11 Å². The molecule has 3 rings (SSSR count). The molecule has 1 unspecified atom stereocenters. The van der Waals surface area contributed by atoms with Crippen LogP contribution in [0, 0.1) is 6.10 Å². The van der Waals surface area contributed by atoms with Crippen molar-refractivity contribution < 1.29 is 5.11 Å². The monoisotopic (exact) mass is 209 g/mol. The highest BCUT2D eigenvalue weighted by Gasteiger charge is 2.32. The number of hydrogen-bond acceptors (Lipinski definition) is 1. The fourth-order valence-corrected chi connectivity index (χ4v) is 2.41. The standard InChI is InChI=1S/C15H13O/c16-15-13-9-5-4-8-12(13)10-14(15)11-6-2-1-3-7-11/h1-9,14,16H,10H2. The fraction of sp³-hybridized carbons (Fsp3) is 0.133. The van der Waals surface area contributed by atoms with Crippen molar-refractivity contribution >= 4 is 0 Å². The van der Waals surface area contributed by atoms with Crippen LogP contribution in [0.3, 0.4) is 0 Å². The Morgan fingerprint density at radius 2 is 1.56 bits per heavy atom. The zero-order valence-electron chi connectivity index (χ0n) is 8.93. The molecule has 16 heavy (non-hydrogen) atoms. The first-order valence-corrected chi connectivity index (χ1v) is 5.55. The molecule has 0 bridgehead atoms. The number of fused-ring (bicyclic) bond motifs is 1. The Kier molecular flexibility index (Phi) is 2.26. The average molecular weight is 209 g/mol. The van der Waals surface area contributed by atoms with Crippen molar-refractivity contribution in [2.45, 2.75) is 12.3 Å². The minimum Gasteiger partial charge on any atom is -0.381 e. The zero-order chi connectivity index (χ0) is 11.0. The molecule has 1 atom stereocenters. The van der Waals surface area contributed by atoms with Crippen LogP contribution in [0.2, 0.25) is 0 Å². The molecule has 0 amide bonds. The second-order valence-electron chi connectivity index (χ2n) is 4.21. The number of rotatable bonds is 1. The summed E-state index contributed by atoms with van der Waals surface area (Å²) in [5.41, 5.74) is 3.45. The summed E-state index contributed by atoms with van der Waals surface area (Å²) >= 11 is 0. The Balaban J connectivity index is 1.99. The highest BCUT2D eigenvalue weighted by Crippen LogP contribution is 2.41. The molecule has 0 fully saturated rings. The normalized spacial score (nSPS) is 19.7. The van der Waals surface area contributed by atoms with E-state index in [4.69, 9.17) is 0 Å². The average Bonchev–Trinajstić information content (AvgIpc) is 2.69. The fourth-order valence-electron chi connectivity index (χ4n) is 2.41. The van der Waals surface area contributed by atoms with Gasteiger partial charge >= 0.3 is 0 Å². The lowest BCUT2D eigenvalue weighted by Crippen LogP contribution is -2.05. The second kappa shape index (κ2) is 3.76. The van der Waals surface area contributed by atoms with Crippen molar-refractivity contribution in [3.63, 3.8) is 0 Å². The topological polar surface area (TPSA) is 20.2 Å². The Labute approximate surface area is 95.4 Å². The first kappa shape index (κ1) is 9.61. The Morgan fingerprint density at radius 1 is 0.875 bits per heavy atom. The SMILES string of the molecule is O[C]1c2ccccc2CC1c1ccccc1. The van der Waals surface area contributed by atoms with Crippen LogP contribution in [0.4, 0.5) is 0 Å². The summed E-state index contributed by atoms with van der Waals surface area (Å²) in [6, 6.07) is 18.3. The Morgan fingerprint density at radius 3 is 2.31 bits per heavy atom. The van der Waals surface area contributed by atoms with E-state index >= 15 is 0 Å². The van der Waals surface area contributed by atoms with Crippen molar-refractivity contribution in [2.24, 2.45) is 0 Å². The minimum absolute atomic E-state index is 0.138. The molecular formula is C15H13O. The van der Waals surface area contributed by atoms with Crippen LogP contribution >= 0.6 is 0 Å². The van der Waals surface area contributed by atoms with Crippen molar-refractivity contribution in [3.05, 3.63) is 77.4 Å². The summed E-state index contributed by atoms with van der Waals surface area (Å²) in [6.45, 7) is 0. The smallest absolute Gasteiger partial charge is 0.130 e. The van der Waals surface area contributed by atoms with E-state index in [2.05, 4.69) is 18.2 Å². The van der Waals surface area contributed by atoms with E-state index in [1.165, 1.54) is 11.1 Å². The molecule has 1 aliphatic carbocycles. The summed E-state index contributed by atoms with van der Waals surface area (Å²) in [5, 5.41) is 10.2. The molecular weight excluding hydrogens is 196 g/mol. The van der Waals surface area contributed by atoms with E-state index in [1.807, 2.05) is 36.4 Å². The van der Waals surface area contributed by atoms with E-state index in [1.54, 1.807) is 0 Å². The lowest BCUT2D eigenvalue weighted by molar-refractivity contribution is 0.303. The summed E-state index contributed by atoms with van der Waals surface area (Å²) in [7, 11) is 0. The molecule has 1 aliphatic rings. The lowest BCUT2D eigenvalue weighted by atomic mass is 9.94. The molecule has 1 nitrogen and oxygen atoms in total. The van der Waals surface area contributed by atoms with Crippen LogP contribution in [0.5, 0.6) is 0 Å². The van der Waals surface area contributed by atoms with Gasteiger partial charge in [0, 0.05) is 5.92 Å². The molecule has 0 spiro atoms. The minimum atomic E-state index is 0.138. The van der Waals surface area contributed by atoms with E-state index in [0.29, 0.717) is 6.10 Å². The maximum absolute atomic E-state index is 10.2. The van der Waals surface area contributed by atoms with Crippen molar-refractivity contribution in [1.82, 2.24) is 0 Å². The van der Waals surface area contributed by atoms with Crippen molar-refractivity contribution in [1.29, 1.82) is 0 Å². The highest BCUT2D eigenvalue weighted by atomic mass is 16.3. The van der Waals surface area contributed by atoms with Gasteiger partial charge in [0.2, 0.25) is 0 Å². The van der Waals surface area contributed by atoms with Crippen molar-refractivity contribution in [3.8, 4) is 0 Å². The van der Waals surface area contributed by atoms with Gasteiger partial charge in [0.15, 0.2) is 0 Å². The molecule has 1 radical (unpaired) electrons. The van der Waals surface area contributed by atoms with Gasteiger partial charge in [0.1, 0.15) is 6.10 Å². The number of benzene rings is 2. The summed E-state index contributed by atoms with van der Waals surface area (Å²) in [6.07, 6.45) is 1.42. The predicted molar refractivity (Wildman–Crippen MR) is 63.6 cm³/mol. The molecule has 0 saturated heterocycles. The van der Waals surface area contributed by atoms with Gasteiger partial charge in [-0.2, -0.15) is 0 Å². The van der Waals surface area contributed by atoms with E-state index < -0.39 is 0 Å². The summed E-state index contributed by atoms with van der Waals surface area (Å²) < 4.78 is 0. The van der Waals surface area contributed by atoms with Crippen LogP contribution in [-0.4, -0.2) is 5.11 Å². The highest BCUT2D eigenvalue weighted by molar-refractivity contribution is 5.47. The first-order chi connectivity index (χ1) is 7.86. The molecule has 1 heteroatoms. The van der Waals surface area contributed by atoms with Crippen LogP contribution in [0.1, 0.15) is 22.6 Å². The van der Waals surface area contributed by atoms with Gasteiger partial charge in [-0.1, -0.05) is 54.6 Å². The maximum atomic E-state index is 10.2. The maximum Gasteiger partial charge on any atom is 0.130 e. The van der Waals surface area contributed by atoms with Gasteiger partial charge in [0.05, 0.1) is 0 Å². The molecule has 2 aromatic carbocycles. The number of aliphatic hydroxyl groups excluding tert-OH is 1. The summed E-state index contributed by atoms with van der Waals surface area (Å²) in [4.78, 5) is 0. The summed E-state index contributed by atoms with van der Waals surface area (Å²) in [5.74, 6) is 0.138. The van der Waals surface area contributed by atoms with Gasteiger partial charge in [-0.15, -0.1) is 0 Å². The van der Waals surface area contributed by atoms with Crippen LogP contribution < -0.4 is 0 Å². The molecule has 0 aliphatic heterocycles. The Hall–Kier alpha value is -1.60. The molecule has 0 aromatic heterocycles. The zero-order valence-corrected chi connectivity index (χ0v) is 8.93. The third-order valence-electron chi connectivity index (χ3n) is 3.25. The van der Waals surface area contributed by atoms with E-state index in [0.717, 1.165) is 12.0 Å². The van der Waals surface area contributed by atoms with Gasteiger partial charge in [-0.3, -0.25) is 0 Å². The molecule has 79 valence electrons. The van der Waals surface area contributed by atoms with E-state index in [9.17, 15) is 5.11 Å².